The molecule has 1 aromatic heterocycles. The molecule has 0 aromatic carbocycles. The number of hydrogen-bond acceptors (Lipinski definition) is 5. The van der Waals surface area contributed by atoms with Gasteiger partial charge in [-0.1, -0.05) is 0 Å². The minimum absolute atomic E-state index is 0.307. The van der Waals surface area contributed by atoms with Gasteiger partial charge in [0.2, 0.25) is 0 Å². The Kier molecular flexibility index (Phi) is 2.80. The highest BCUT2D eigenvalue weighted by atomic mass is 16.1. The van der Waals surface area contributed by atoms with Gasteiger partial charge in [0.1, 0.15) is 5.82 Å². The molecule has 2 rings (SSSR count). The van der Waals surface area contributed by atoms with Gasteiger partial charge in [0.25, 0.3) is 11.9 Å². The Bertz CT molecular complexity index is 439. The minimum atomic E-state index is -0.532. The van der Waals surface area contributed by atoms with E-state index < -0.39 is 5.91 Å². The molecule has 0 saturated heterocycles. The summed E-state index contributed by atoms with van der Waals surface area (Å²) >= 11 is 0. The molecule has 1 aliphatic carbocycles. The number of primary amides is 1. The zero-order valence-electron chi connectivity index (χ0n) is 8.97. The smallest absolute Gasteiger partial charge is 0.254 e. The highest BCUT2D eigenvalue weighted by molar-refractivity contribution is 5.97. The molecule has 16 heavy (non-hydrogen) atoms. The van der Waals surface area contributed by atoms with E-state index in [9.17, 15) is 4.79 Å². The predicted octanol–water partition coefficient (Wildman–Crippen LogP) is 0.872. The normalized spacial score (nSPS) is 15.3. The van der Waals surface area contributed by atoms with Crippen LogP contribution < -0.4 is 11.1 Å². The van der Waals surface area contributed by atoms with Crippen LogP contribution in [0.15, 0.2) is 11.2 Å². The van der Waals surface area contributed by atoms with E-state index in [0.29, 0.717) is 23.4 Å². The first-order valence-corrected chi connectivity index (χ1v) is 5.12. The number of aromatic nitrogens is 2. The van der Waals surface area contributed by atoms with Crippen LogP contribution in [0.5, 0.6) is 0 Å². The lowest BCUT2D eigenvalue weighted by Gasteiger charge is -2.07. The maximum atomic E-state index is 11.2. The van der Waals surface area contributed by atoms with Gasteiger partial charge in [-0.2, -0.15) is 4.98 Å². The minimum Gasteiger partial charge on any atom is -0.367 e. The summed E-state index contributed by atoms with van der Waals surface area (Å²) in [6.07, 6.45) is 5.19. The van der Waals surface area contributed by atoms with Crippen molar-refractivity contribution in [1.29, 1.82) is 0 Å². The monoisotopic (exact) mass is 219 g/mol. The van der Waals surface area contributed by atoms with Gasteiger partial charge < -0.3 is 11.1 Å². The third-order valence-corrected chi connectivity index (χ3v) is 2.20. The summed E-state index contributed by atoms with van der Waals surface area (Å²) in [6, 6.07) is 0.395. The van der Waals surface area contributed by atoms with Gasteiger partial charge in [0.05, 0.1) is 5.56 Å². The number of anilines is 1. The van der Waals surface area contributed by atoms with Crippen molar-refractivity contribution in [3.63, 3.8) is 0 Å². The Morgan fingerprint density at radius 1 is 1.69 bits per heavy atom. The van der Waals surface area contributed by atoms with E-state index in [1.165, 1.54) is 6.20 Å². The average Bonchev–Trinajstić information content (AvgIpc) is 3.02. The van der Waals surface area contributed by atoms with Gasteiger partial charge in [-0.05, 0) is 19.8 Å². The van der Waals surface area contributed by atoms with Gasteiger partial charge in [-0.3, -0.25) is 4.79 Å². The summed E-state index contributed by atoms with van der Waals surface area (Å²) < 4.78 is 0. The lowest BCUT2D eigenvalue weighted by molar-refractivity contribution is 0.100. The van der Waals surface area contributed by atoms with Gasteiger partial charge in [-0.15, -0.1) is 0 Å². The first kappa shape index (κ1) is 10.5. The highest BCUT2D eigenvalue weighted by Gasteiger charge is 2.24. The van der Waals surface area contributed by atoms with Crippen molar-refractivity contribution in [1.82, 2.24) is 9.97 Å². The Morgan fingerprint density at radius 3 is 3.00 bits per heavy atom. The number of carbonyl (C=O) groups excluding carboxylic acids is 1. The average molecular weight is 219 g/mol. The first-order valence-electron chi connectivity index (χ1n) is 5.12. The van der Waals surface area contributed by atoms with Crippen LogP contribution in [0.25, 0.3) is 0 Å². The summed E-state index contributed by atoms with van der Waals surface area (Å²) in [4.78, 5) is 23.2. The standard InChI is InChI=1S/C10H13N5O/c1-2-12-10-13-5-7(8(11)16)9(15-10)14-6-3-4-6/h2,5-6H,3-4H2,1H3,(H2,11,16)(H,13,14,15). The number of aliphatic imine (C=N–C) groups is 1. The van der Waals surface area contributed by atoms with E-state index in [-0.39, 0.29) is 0 Å². The predicted molar refractivity (Wildman–Crippen MR) is 61.0 cm³/mol. The molecular formula is C10H13N5O. The Hall–Kier alpha value is -1.98. The molecule has 0 spiro atoms. The molecule has 3 N–H and O–H groups in total. The van der Waals surface area contributed by atoms with Crippen LogP contribution in [0.3, 0.4) is 0 Å². The number of carbonyl (C=O) groups is 1. The Balaban J connectivity index is 2.33. The van der Waals surface area contributed by atoms with E-state index >= 15 is 0 Å². The fraction of sp³-hybridized carbons (Fsp3) is 0.400. The van der Waals surface area contributed by atoms with Crippen molar-refractivity contribution in [2.24, 2.45) is 10.7 Å². The molecular weight excluding hydrogens is 206 g/mol. The molecule has 0 bridgehead atoms. The van der Waals surface area contributed by atoms with E-state index in [0.717, 1.165) is 12.8 Å². The fourth-order valence-electron chi connectivity index (χ4n) is 1.26. The molecule has 1 aromatic rings. The second kappa shape index (κ2) is 4.26. The SMILES string of the molecule is CC=Nc1ncc(C(N)=O)c(NC2CC2)n1. The van der Waals surface area contributed by atoms with Crippen molar-refractivity contribution in [3.05, 3.63) is 11.8 Å². The fourth-order valence-corrected chi connectivity index (χ4v) is 1.26. The number of amides is 1. The van der Waals surface area contributed by atoms with Gasteiger partial charge in [-0.25, -0.2) is 9.98 Å². The molecule has 84 valence electrons. The van der Waals surface area contributed by atoms with Crippen molar-refractivity contribution in [2.75, 3.05) is 5.32 Å². The molecule has 1 amide bonds. The molecule has 6 heteroatoms. The Labute approximate surface area is 93.0 Å². The number of nitrogens with two attached hydrogens (primary N) is 1. The van der Waals surface area contributed by atoms with E-state index in [1.807, 2.05) is 0 Å². The second-order valence-corrected chi connectivity index (χ2v) is 3.60. The van der Waals surface area contributed by atoms with Crippen molar-refractivity contribution >= 4 is 23.9 Å². The van der Waals surface area contributed by atoms with Crippen LogP contribution in [0.2, 0.25) is 0 Å². The largest absolute Gasteiger partial charge is 0.367 e. The molecule has 0 atom stereocenters. The number of nitrogens with zero attached hydrogens (tertiary/aromatic N) is 3. The van der Waals surface area contributed by atoms with Crippen molar-refractivity contribution in [2.45, 2.75) is 25.8 Å². The maximum absolute atomic E-state index is 11.2. The number of rotatable bonds is 4. The lowest BCUT2D eigenvalue weighted by Crippen LogP contribution is -2.16. The zero-order valence-corrected chi connectivity index (χ0v) is 8.97. The van der Waals surface area contributed by atoms with E-state index in [4.69, 9.17) is 5.73 Å². The molecule has 1 saturated carbocycles. The quantitative estimate of drug-likeness (QED) is 0.735. The van der Waals surface area contributed by atoms with Crippen LogP contribution in [-0.4, -0.2) is 28.1 Å². The zero-order chi connectivity index (χ0) is 11.5. The molecule has 0 radical (unpaired) electrons. The highest BCUT2D eigenvalue weighted by Crippen LogP contribution is 2.26. The van der Waals surface area contributed by atoms with E-state index in [1.54, 1.807) is 13.1 Å². The number of nitrogens with one attached hydrogen (secondary N) is 1. The summed E-state index contributed by atoms with van der Waals surface area (Å²) in [7, 11) is 0. The summed E-state index contributed by atoms with van der Waals surface area (Å²) in [5.41, 5.74) is 5.54. The van der Waals surface area contributed by atoms with Crippen molar-refractivity contribution in [3.8, 4) is 0 Å². The lowest BCUT2D eigenvalue weighted by atomic mass is 10.3. The number of hydrogen-bond donors (Lipinski definition) is 2. The van der Waals surface area contributed by atoms with Crippen LogP contribution in [0, 0.1) is 0 Å². The topological polar surface area (TPSA) is 93.3 Å². The molecule has 0 aliphatic heterocycles. The summed E-state index contributed by atoms with van der Waals surface area (Å²) in [6.45, 7) is 1.78. The molecule has 6 nitrogen and oxygen atoms in total. The molecule has 1 fully saturated rings. The van der Waals surface area contributed by atoms with Crippen LogP contribution >= 0.6 is 0 Å². The van der Waals surface area contributed by atoms with Gasteiger partial charge >= 0.3 is 0 Å². The second-order valence-electron chi connectivity index (χ2n) is 3.60. The summed E-state index contributed by atoms with van der Waals surface area (Å²) in [5.74, 6) is 0.274. The maximum Gasteiger partial charge on any atom is 0.254 e. The van der Waals surface area contributed by atoms with Gasteiger partial charge in [0.15, 0.2) is 0 Å². The van der Waals surface area contributed by atoms with Crippen LogP contribution in [0.1, 0.15) is 30.1 Å². The van der Waals surface area contributed by atoms with Crippen LogP contribution in [-0.2, 0) is 0 Å². The first-order chi connectivity index (χ1) is 7.70. The van der Waals surface area contributed by atoms with Crippen LogP contribution in [0.4, 0.5) is 11.8 Å². The third-order valence-electron chi connectivity index (χ3n) is 2.20. The van der Waals surface area contributed by atoms with Crippen molar-refractivity contribution < 1.29 is 4.79 Å². The summed E-state index contributed by atoms with van der Waals surface area (Å²) in [5, 5.41) is 3.14. The Morgan fingerprint density at radius 2 is 2.44 bits per heavy atom. The van der Waals surface area contributed by atoms with Gasteiger partial charge in [0, 0.05) is 18.5 Å². The molecule has 0 unspecified atom stereocenters. The molecule has 1 heterocycles. The molecule has 1 aliphatic rings. The third kappa shape index (κ3) is 2.33. The van der Waals surface area contributed by atoms with E-state index in [2.05, 4.69) is 20.3 Å².